The lowest BCUT2D eigenvalue weighted by molar-refractivity contribution is -0.115. The fourth-order valence-corrected chi connectivity index (χ4v) is 3.62. The number of benzene rings is 2. The Morgan fingerprint density at radius 3 is 2.36 bits per heavy atom. The van der Waals surface area contributed by atoms with Crippen molar-refractivity contribution in [3.63, 3.8) is 0 Å². The van der Waals surface area contributed by atoms with Crippen molar-refractivity contribution >= 4 is 29.1 Å². The largest absolute Gasteiger partial charge is 0.508 e. The van der Waals surface area contributed by atoms with E-state index in [1.165, 1.54) is 6.92 Å². The summed E-state index contributed by atoms with van der Waals surface area (Å²) < 4.78 is 0. The Morgan fingerprint density at radius 2 is 1.77 bits per heavy atom. The van der Waals surface area contributed by atoms with Gasteiger partial charge in [-0.15, -0.1) is 11.8 Å². The Bertz CT molecular complexity index is 710. The van der Waals surface area contributed by atoms with E-state index >= 15 is 0 Å². The zero-order valence-corrected chi connectivity index (χ0v) is 12.8. The Balaban J connectivity index is 1.93. The number of phenols is 1. The summed E-state index contributed by atoms with van der Waals surface area (Å²) in [5, 5.41) is 9.28. The van der Waals surface area contributed by atoms with Crippen molar-refractivity contribution in [1.29, 1.82) is 0 Å². The number of thioether (sulfide) groups is 1. The van der Waals surface area contributed by atoms with Crippen LogP contribution in [-0.4, -0.2) is 22.5 Å². The van der Waals surface area contributed by atoms with Crippen molar-refractivity contribution in [3.8, 4) is 5.75 Å². The van der Waals surface area contributed by atoms with Crippen molar-refractivity contribution < 1.29 is 14.7 Å². The van der Waals surface area contributed by atoms with Gasteiger partial charge in [0.15, 0.2) is 5.78 Å². The molecular formula is C17H15NO3S. The first-order valence-electron chi connectivity index (χ1n) is 6.90. The molecule has 1 N–H and O–H groups in total. The molecule has 1 saturated heterocycles. The number of rotatable bonds is 3. The van der Waals surface area contributed by atoms with E-state index in [9.17, 15) is 14.7 Å². The maximum absolute atomic E-state index is 12.2. The highest BCUT2D eigenvalue weighted by atomic mass is 32.2. The molecule has 2 aromatic rings. The molecule has 1 amide bonds. The van der Waals surface area contributed by atoms with Crippen LogP contribution in [0.25, 0.3) is 0 Å². The van der Waals surface area contributed by atoms with E-state index in [0.29, 0.717) is 11.3 Å². The van der Waals surface area contributed by atoms with E-state index in [1.54, 1.807) is 53.1 Å². The lowest BCUT2D eigenvalue weighted by Gasteiger charge is -2.24. The van der Waals surface area contributed by atoms with Gasteiger partial charge in [0.1, 0.15) is 11.1 Å². The minimum absolute atomic E-state index is 0.00348. The monoisotopic (exact) mass is 313 g/mol. The summed E-state index contributed by atoms with van der Waals surface area (Å²) in [6, 6.07) is 14.0. The SMILES string of the molecule is CC(=O)c1ccc(N2C(=O)CSC2c2ccc(O)cc2)cc1. The molecule has 1 heterocycles. The minimum Gasteiger partial charge on any atom is -0.508 e. The van der Waals surface area contributed by atoms with Crippen LogP contribution < -0.4 is 4.90 Å². The van der Waals surface area contributed by atoms with Gasteiger partial charge >= 0.3 is 0 Å². The van der Waals surface area contributed by atoms with Crippen LogP contribution in [0.3, 0.4) is 0 Å². The second kappa shape index (κ2) is 5.85. The number of Topliss-reactive ketones (excluding diaryl/α,β-unsaturated/α-hetero) is 1. The molecule has 5 heteroatoms. The number of hydrogen-bond acceptors (Lipinski definition) is 4. The number of ketones is 1. The molecule has 1 atom stereocenters. The van der Waals surface area contributed by atoms with Crippen molar-refractivity contribution in [2.45, 2.75) is 12.3 Å². The Morgan fingerprint density at radius 1 is 1.14 bits per heavy atom. The van der Waals surface area contributed by atoms with E-state index < -0.39 is 0 Å². The Kier molecular flexibility index (Phi) is 3.90. The number of carbonyl (C=O) groups excluding carboxylic acids is 2. The third kappa shape index (κ3) is 2.72. The average molecular weight is 313 g/mol. The molecule has 2 aromatic carbocycles. The Labute approximate surface area is 132 Å². The van der Waals surface area contributed by atoms with Gasteiger partial charge in [-0.2, -0.15) is 0 Å². The quantitative estimate of drug-likeness (QED) is 0.883. The second-order valence-electron chi connectivity index (χ2n) is 5.12. The standard InChI is InChI=1S/C17H15NO3S/c1-11(19)12-2-6-14(7-3-12)18-16(21)10-22-17(18)13-4-8-15(20)9-5-13/h2-9,17,20H,10H2,1H3. The molecule has 1 unspecified atom stereocenters. The molecule has 0 spiro atoms. The average Bonchev–Trinajstić information content (AvgIpc) is 2.90. The van der Waals surface area contributed by atoms with E-state index in [-0.39, 0.29) is 22.8 Å². The first kappa shape index (κ1) is 14.7. The van der Waals surface area contributed by atoms with Gasteiger partial charge in [-0.3, -0.25) is 14.5 Å². The van der Waals surface area contributed by atoms with Crippen molar-refractivity contribution in [3.05, 3.63) is 59.7 Å². The molecule has 0 radical (unpaired) electrons. The predicted octanol–water partition coefficient (Wildman–Crippen LogP) is 3.37. The van der Waals surface area contributed by atoms with E-state index in [4.69, 9.17) is 0 Å². The number of phenolic OH excluding ortho intramolecular Hbond substituents is 1. The number of carbonyl (C=O) groups is 2. The van der Waals surface area contributed by atoms with Crippen LogP contribution in [0.4, 0.5) is 5.69 Å². The van der Waals surface area contributed by atoms with Gasteiger partial charge in [-0.25, -0.2) is 0 Å². The highest BCUT2D eigenvalue weighted by Gasteiger charge is 2.33. The summed E-state index contributed by atoms with van der Waals surface area (Å²) in [5.41, 5.74) is 2.37. The molecule has 1 fully saturated rings. The topological polar surface area (TPSA) is 57.6 Å². The summed E-state index contributed by atoms with van der Waals surface area (Å²) in [6.07, 6.45) is 0. The number of amides is 1. The third-order valence-corrected chi connectivity index (χ3v) is 4.81. The molecule has 0 aliphatic carbocycles. The molecule has 1 aliphatic heterocycles. The fourth-order valence-electron chi connectivity index (χ4n) is 2.45. The number of aromatic hydroxyl groups is 1. The van der Waals surface area contributed by atoms with Crippen molar-refractivity contribution in [2.24, 2.45) is 0 Å². The highest BCUT2D eigenvalue weighted by Crippen LogP contribution is 2.41. The van der Waals surface area contributed by atoms with Gasteiger partial charge in [0, 0.05) is 11.3 Å². The normalized spacial score (nSPS) is 17.8. The summed E-state index contributed by atoms with van der Waals surface area (Å²) in [5.74, 6) is 0.665. The number of nitrogens with zero attached hydrogens (tertiary/aromatic N) is 1. The summed E-state index contributed by atoms with van der Waals surface area (Å²) in [4.78, 5) is 25.3. The lowest BCUT2D eigenvalue weighted by Crippen LogP contribution is -2.27. The van der Waals surface area contributed by atoms with Crippen LogP contribution in [0.1, 0.15) is 28.2 Å². The molecule has 3 rings (SSSR count). The summed E-state index contributed by atoms with van der Waals surface area (Å²) in [6.45, 7) is 1.52. The zero-order chi connectivity index (χ0) is 15.7. The summed E-state index contributed by atoms with van der Waals surface area (Å²) in [7, 11) is 0. The third-order valence-electron chi connectivity index (χ3n) is 3.60. The minimum atomic E-state index is -0.115. The molecular weight excluding hydrogens is 298 g/mol. The van der Waals surface area contributed by atoms with Gasteiger partial charge in [0.25, 0.3) is 0 Å². The molecule has 0 saturated carbocycles. The van der Waals surface area contributed by atoms with E-state index in [0.717, 1.165) is 11.3 Å². The lowest BCUT2D eigenvalue weighted by atomic mass is 10.1. The number of hydrogen-bond donors (Lipinski definition) is 1. The smallest absolute Gasteiger partial charge is 0.238 e. The Hall–Kier alpha value is -2.27. The van der Waals surface area contributed by atoms with Gasteiger partial charge < -0.3 is 5.11 Å². The van der Waals surface area contributed by atoms with Crippen molar-refractivity contribution in [2.75, 3.05) is 10.7 Å². The first-order chi connectivity index (χ1) is 10.6. The van der Waals surface area contributed by atoms with Crippen LogP contribution in [0.2, 0.25) is 0 Å². The molecule has 0 bridgehead atoms. The van der Waals surface area contributed by atoms with Crippen LogP contribution in [0.5, 0.6) is 5.75 Å². The van der Waals surface area contributed by atoms with Gasteiger partial charge in [0.2, 0.25) is 5.91 Å². The first-order valence-corrected chi connectivity index (χ1v) is 7.95. The summed E-state index contributed by atoms with van der Waals surface area (Å²) >= 11 is 1.55. The van der Waals surface area contributed by atoms with E-state index in [1.807, 2.05) is 12.1 Å². The van der Waals surface area contributed by atoms with E-state index in [2.05, 4.69) is 0 Å². The van der Waals surface area contributed by atoms with Crippen molar-refractivity contribution in [1.82, 2.24) is 0 Å². The molecule has 112 valence electrons. The van der Waals surface area contributed by atoms with Crippen LogP contribution in [0.15, 0.2) is 48.5 Å². The molecule has 22 heavy (non-hydrogen) atoms. The maximum atomic E-state index is 12.2. The molecule has 0 aromatic heterocycles. The van der Waals surface area contributed by atoms with Gasteiger partial charge in [-0.1, -0.05) is 12.1 Å². The predicted molar refractivity (Wildman–Crippen MR) is 87.2 cm³/mol. The maximum Gasteiger partial charge on any atom is 0.238 e. The van der Waals surface area contributed by atoms with Crippen LogP contribution in [0, 0.1) is 0 Å². The number of anilines is 1. The van der Waals surface area contributed by atoms with Gasteiger partial charge in [-0.05, 0) is 48.9 Å². The highest BCUT2D eigenvalue weighted by molar-refractivity contribution is 8.00. The molecule has 4 nitrogen and oxygen atoms in total. The molecule has 1 aliphatic rings. The zero-order valence-electron chi connectivity index (χ0n) is 12.0. The van der Waals surface area contributed by atoms with Crippen LogP contribution >= 0.6 is 11.8 Å². The second-order valence-corrected chi connectivity index (χ2v) is 6.19. The van der Waals surface area contributed by atoms with Crippen LogP contribution in [-0.2, 0) is 4.79 Å². The van der Waals surface area contributed by atoms with Gasteiger partial charge in [0.05, 0.1) is 5.75 Å². The fraction of sp³-hybridized carbons (Fsp3) is 0.176.